The van der Waals surface area contributed by atoms with Gasteiger partial charge in [-0.05, 0) is 25.1 Å². The van der Waals surface area contributed by atoms with Crippen molar-refractivity contribution in [2.45, 2.75) is 18.4 Å². The Morgan fingerprint density at radius 3 is 2.94 bits per heavy atom. The molecule has 4 nitrogen and oxygen atoms in total. The molecule has 1 aliphatic heterocycles. The molecule has 2 aromatic heterocycles. The average Bonchev–Trinajstić information content (AvgIpc) is 2.71. The third-order valence-electron chi connectivity index (χ3n) is 3.06. The lowest BCUT2D eigenvalue weighted by Crippen LogP contribution is -2.47. The molecule has 0 bridgehead atoms. The molecular formula is C11H13ClF2N4. The van der Waals surface area contributed by atoms with E-state index in [1.807, 2.05) is 0 Å². The maximum atomic E-state index is 13.7. The molecule has 1 atom stereocenters. The molecule has 0 saturated carbocycles. The molecular weight excluding hydrogens is 262 g/mol. The van der Waals surface area contributed by atoms with Crippen LogP contribution in [0, 0.1) is 0 Å². The first kappa shape index (κ1) is 13.2. The summed E-state index contributed by atoms with van der Waals surface area (Å²) in [6.45, 7) is 0.297. The monoisotopic (exact) mass is 274 g/mol. The first-order valence-electron chi connectivity index (χ1n) is 5.55. The molecule has 0 aliphatic carbocycles. The fraction of sp³-hybridized carbons (Fsp3) is 0.455. The number of nitrogens with one attached hydrogen (secondary N) is 1. The first-order chi connectivity index (χ1) is 8.17. The topological polar surface area (TPSA) is 42.7 Å². The minimum Gasteiger partial charge on any atom is -0.311 e. The number of piperidine rings is 1. The van der Waals surface area contributed by atoms with Crippen LogP contribution in [0.15, 0.2) is 24.5 Å². The summed E-state index contributed by atoms with van der Waals surface area (Å²) >= 11 is 0. The Bertz CT molecular complexity index is 510. The third-order valence-corrected chi connectivity index (χ3v) is 3.06. The van der Waals surface area contributed by atoms with Crippen molar-refractivity contribution in [1.29, 1.82) is 0 Å². The summed E-state index contributed by atoms with van der Waals surface area (Å²) in [5.74, 6) is -2.76. The van der Waals surface area contributed by atoms with E-state index in [9.17, 15) is 8.78 Å². The summed E-state index contributed by atoms with van der Waals surface area (Å²) in [5, 5.41) is 6.88. The Morgan fingerprint density at radius 2 is 2.22 bits per heavy atom. The minimum absolute atomic E-state index is 0. The van der Waals surface area contributed by atoms with Crippen molar-refractivity contribution in [3.05, 3.63) is 24.5 Å². The predicted molar refractivity (Wildman–Crippen MR) is 66.2 cm³/mol. The lowest BCUT2D eigenvalue weighted by Gasteiger charge is -2.31. The van der Waals surface area contributed by atoms with E-state index in [-0.39, 0.29) is 19.0 Å². The number of fused-ring (bicyclic) bond motifs is 1. The van der Waals surface area contributed by atoms with Crippen molar-refractivity contribution in [2.75, 3.05) is 13.1 Å². The van der Waals surface area contributed by atoms with Crippen LogP contribution in [0.1, 0.15) is 12.5 Å². The van der Waals surface area contributed by atoms with Crippen molar-refractivity contribution < 1.29 is 8.78 Å². The van der Waals surface area contributed by atoms with E-state index in [1.165, 1.54) is 4.68 Å². The normalized spacial score (nSPS) is 22.7. The van der Waals surface area contributed by atoms with E-state index >= 15 is 0 Å². The lowest BCUT2D eigenvalue weighted by atomic mass is 10.0. The van der Waals surface area contributed by atoms with E-state index < -0.39 is 12.0 Å². The Kier molecular flexibility index (Phi) is 3.49. The first-order valence-corrected chi connectivity index (χ1v) is 5.55. The molecule has 3 rings (SSSR count). The van der Waals surface area contributed by atoms with Gasteiger partial charge >= 0.3 is 0 Å². The quantitative estimate of drug-likeness (QED) is 0.865. The summed E-state index contributed by atoms with van der Waals surface area (Å²) in [7, 11) is 0. The van der Waals surface area contributed by atoms with Gasteiger partial charge in [0, 0.05) is 6.20 Å². The Balaban J connectivity index is 0.00000120. The molecule has 98 valence electrons. The van der Waals surface area contributed by atoms with Gasteiger partial charge in [-0.2, -0.15) is 5.10 Å². The number of rotatable bonds is 1. The zero-order valence-electron chi connectivity index (χ0n) is 9.51. The zero-order valence-corrected chi connectivity index (χ0v) is 10.3. The average molecular weight is 275 g/mol. The highest BCUT2D eigenvalue weighted by Crippen LogP contribution is 2.33. The second-order valence-corrected chi connectivity index (χ2v) is 4.26. The van der Waals surface area contributed by atoms with Gasteiger partial charge in [-0.3, -0.25) is 9.67 Å². The van der Waals surface area contributed by atoms with E-state index in [2.05, 4.69) is 15.4 Å². The Labute approximate surface area is 109 Å². The van der Waals surface area contributed by atoms with Gasteiger partial charge in [0.05, 0.1) is 12.7 Å². The fourth-order valence-corrected chi connectivity index (χ4v) is 2.18. The zero-order chi connectivity index (χ0) is 11.9. The van der Waals surface area contributed by atoms with Gasteiger partial charge in [0.1, 0.15) is 17.1 Å². The molecule has 0 spiro atoms. The number of halogens is 3. The van der Waals surface area contributed by atoms with Gasteiger partial charge in [-0.1, -0.05) is 0 Å². The van der Waals surface area contributed by atoms with Crippen molar-refractivity contribution in [2.24, 2.45) is 0 Å². The lowest BCUT2D eigenvalue weighted by molar-refractivity contribution is -0.0695. The number of pyridine rings is 1. The number of aromatic nitrogens is 3. The van der Waals surface area contributed by atoms with E-state index in [0.717, 1.165) is 0 Å². The third kappa shape index (κ3) is 2.18. The van der Waals surface area contributed by atoms with Gasteiger partial charge in [0.15, 0.2) is 0 Å². The van der Waals surface area contributed by atoms with Gasteiger partial charge in [0.25, 0.3) is 5.92 Å². The molecule has 0 aromatic carbocycles. The van der Waals surface area contributed by atoms with Crippen molar-refractivity contribution in [3.8, 4) is 0 Å². The molecule has 1 N–H and O–H groups in total. The number of hydrogen-bond donors (Lipinski definition) is 1. The molecule has 2 aromatic rings. The van der Waals surface area contributed by atoms with Gasteiger partial charge in [-0.15, -0.1) is 12.4 Å². The minimum atomic E-state index is -2.76. The summed E-state index contributed by atoms with van der Waals surface area (Å²) < 4.78 is 28.8. The highest BCUT2D eigenvalue weighted by atomic mass is 35.5. The summed E-state index contributed by atoms with van der Waals surface area (Å²) in [6.07, 6.45) is 3.61. The van der Waals surface area contributed by atoms with Crippen LogP contribution in [0.3, 0.4) is 0 Å². The molecule has 1 saturated heterocycles. The maximum absolute atomic E-state index is 13.7. The van der Waals surface area contributed by atoms with Crippen LogP contribution in [0.5, 0.6) is 0 Å². The van der Waals surface area contributed by atoms with Crippen molar-refractivity contribution in [3.63, 3.8) is 0 Å². The van der Waals surface area contributed by atoms with E-state index in [1.54, 1.807) is 24.5 Å². The SMILES string of the molecule is Cl.FC1(F)CNCCC1n1cc2ncccc2n1. The van der Waals surface area contributed by atoms with Crippen LogP contribution in [0.2, 0.25) is 0 Å². The molecule has 3 heterocycles. The van der Waals surface area contributed by atoms with Crippen LogP contribution in [0.4, 0.5) is 8.78 Å². The smallest absolute Gasteiger partial charge is 0.282 e. The molecule has 7 heteroatoms. The van der Waals surface area contributed by atoms with Crippen LogP contribution >= 0.6 is 12.4 Å². The molecule has 0 amide bonds. The summed E-state index contributed by atoms with van der Waals surface area (Å²) in [6, 6.07) is 2.65. The van der Waals surface area contributed by atoms with Crippen molar-refractivity contribution in [1.82, 2.24) is 20.1 Å². The Hall–Kier alpha value is -1.27. The van der Waals surface area contributed by atoms with Gasteiger partial charge < -0.3 is 5.32 Å². The standard InChI is InChI=1S/C11H12F2N4.ClH/c12-11(13)7-14-5-3-10(11)17-6-9-8(16-17)2-1-4-15-9;/h1-2,4,6,10,14H,3,5,7H2;1H. The highest BCUT2D eigenvalue weighted by Gasteiger charge is 2.43. The molecule has 18 heavy (non-hydrogen) atoms. The van der Waals surface area contributed by atoms with Crippen LogP contribution in [0.25, 0.3) is 11.0 Å². The predicted octanol–water partition coefficient (Wildman–Crippen LogP) is 2.02. The van der Waals surface area contributed by atoms with Crippen LogP contribution < -0.4 is 5.32 Å². The second kappa shape index (κ2) is 4.78. The number of hydrogen-bond acceptors (Lipinski definition) is 3. The second-order valence-electron chi connectivity index (χ2n) is 4.26. The largest absolute Gasteiger partial charge is 0.311 e. The molecule has 1 aliphatic rings. The molecule has 0 radical (unpaired) electrons. The Morgan fingerprint density at radius 1 is 1.39 bits per heavy atom. The number of nitrogens with zero attached hydrogens (tertiary/aromatic N) is 3. The van der Waals surface area contributed by atoms with Gasteiger partial charge in [-0.25, -0.2) is 8.78 Å². The maximum Gasteiger partial charge on any atom is 0.282 e. The van der Waals surface area contributed by atoms with Gasteiger partial charge in [0.2, 0.25) is 0 Å². The van der Waals surface area contributed by atoms with Crippen molar-refractivity contribution >= 4 is 23.4 Å². The van der Waals surface area contributed by atoms with E-state index in [0.29, 0.717) is 24.0 Å². The molecule has 1 fully saturated rings. The number of alkyl halides is 2. The fourth-order valence-electron chi connectivity index (χ4n) is 2.18. The van der Waals surface area contributed by atoms with Crippen LogP contribution in [-0.2, 0) is 0 Å². The van der Waals surface area contributed by atoms with Crippen LogP contribution in [-0.4, -0.2) is 33.8 Å². The highest BCUT2D eigenvalue weighted by molar-refractivity contribution is 5.85. The molecule has 1 unspecified atom stereocenters. The summed E-state index contributed by atoms with van der Waals surface area (Å²) in [5.41, 5.74) is 1.31. The summed E-state index contributed by atoms with van der Waals surface area (Å²) in [4.78, 5) is 4.10. The van der Waals surface area contributed by atoms with E-state index in [4.69, 9.17) is 0 Å².